The molecule has 0 atom stereocenters. The van der Waals surface area contributed by atoms with Crippen LogP contribution < -0.4 is 11.1 Å². The molecule has 0 saturated carbocycles. The number of nitrogens with one attached hydrogen (secondary N) is 1. The third-order valence-electron chi connectivity index (χ3n) is 1.51. The van der Waals surface area contributed by atoms with Crippen LogP contribution in [0, 0.1) is 0 Å². The van der Waals surface area contributed by atoms with Crippen molar-refractivity contribution in [1.82, 2.24) is 5.32 Å². The van der Waals surface area contributed by atoms with Crippen molar-refractivity contribution in [3.05, 3.63) is 23.9 Å². The molecule has 0 aromatic carbocycles. The first-order valence-corrected chi connectivity index (χ1v) is 3.73. The lowest BCUT2D eigenvalue weighted by molar-refractivity contribution is 0.743. The molecule has 0 amide bonds. The lowest BCUT2D eigenvalue weighted by atomic mass is 10.1. The Morgan fingerprint density at radius 2 is 2.50 bits per heavy atom. The van der Waals surface area contributed by atoms with E-state index in [2.05, 4.69) is 23.5 Å². The summed E-state index contributed by atoms with van der Waals surface area (Å²) in [6.07, 6.45) is 8.66. The Hall–Kier alpha value is -0.760. The molecule has 10 heavy (non-hydrogen) atoms. The molecule has 56 valence electrons. The molecular weight excluding hydrogens is 124 g/mol. The minimum atomic E-state index is 0.709. The van der Waals surface area contributed by atoms with Gasteiger partial charge in [-0.15, -0.1) is 0 Å². The summed E-state index contributed by atoms with van der Waals surface area (Å²) < 4.78 is 0. The number of rotatable bonds is 3. The standard InChI is InChI=1S/C8H14N2/c9-6-7-10-8-4-2-1-3-5-8/h1-2,4,10H,3,5-7,9H2. The van der Waals surface area contributed by atoms with E-state index in [1.807, 2.05) is 0 Å². The number of hydrogen-bond acceptors (Lipinski definition) is 2. The molecule has 1 aliphatic rings. The minimum Gasteiger partial charge on any atom is -0.387 e. The van der Waals surface area contributed by atoms with E-state index in [0.29, 0.717) is 6.54 Å². The Balaban J connectivity index is 2.25. The lowest BCUT2D eigenvalue weighted by Crippen LogP contribution is -2.22. The van der Waals surface area contributed by atoms with E-state index in [1.54, 1.807) is 0 Å². The first-order valence-electron chi connectivity index (χ1n) is 3.73. The highest BCUT2D eigenvalue weighted by molar-refractivity contribution is 5.15. The van der Waals surface area contributed by atoms with Crippen molar-refractivity contribution >= 4 is 0 Å². The van der Waals surface area contributed by atoms with E-state index in [0.717, 1.165) is 19.4 Å². The van der Waals surface area contributed by atoms with E-state index in [9.17, 15) is 0 Å². The van der Waals surface area contributed by atoms with Crippen molar-refractivity contribution in [2.24, 2.45) is 5.73 Å². The molecule has 0 fully saturated rings. The van der Waals surface area contributed by atoms with E-state index in [4.69, 9.17) is 5.73 Å². The number of allylic oxidation sites excluding steroid dienone is 4. The molecule has 2 nitrogen and oxygen atoms in total. The van der Waals surface area contributed by atoms with Gasteiger partial charge in [-0.05, 0) is 18.9 Å². The van der Waals surface area contributed by atoms with Crippen LogP contribution in [0.2, 0.25) is 0 Å². The highest BCUT2D eigenvalue weighted by Gasteiger charge is 1.95. The highest BCUT2D eigenvalue weighted by Crippen LogP contribution is 2.07. The fraction of sp³-hybridized carbons (Fsp3) is 0.500. The van der Waals surface area contributed by atoms with Gasteiger partial charge in [0.25, 0.3) is 0 Å². The fourth-order valence-electron chi connectivity index (χ4n) is 0.983. The van der Waals surface area contributed by atoms with Crippen molar-refractivity contribution < 1.29 is 0 Å². The van der Waals surface area contributed by atoms with Crippen molar-refractivity contribution in [1.29, 1.82) is 0 Å². The summed E-state index contributed by atoms with van der Waals surface area (Å²) in [5, 5.41) is 3.26. The maximum Gasteiger partial charge on any atom is 0.0267 e. The normalized spacial score (nSPS) is 16.7. The summed E-state index contributed by atoms with van der Waals surface area (Å²) in [7, 11) is 0. The Morgan fingerprint density at radius 3 is 3.10 bits per heavy atom. The molecule has 3 N–H and O–H groups in total. The van der Waals surface area contributed by atoms with Gasteiger partial charge < -0.3 is 11.1 Å². The van der Waals surface area contributed by atoms with E-state index in [-0.39, 0.29) is 0 Å². The van der Waals surface area contributed by atoms with Crippen molar-refractivity contribution in [3.63, 3.8) is 0 Å². The monoisotopic (exact) mass is 138 g/mol. The second-order valence-electron chi connectivity index (χ2n) is 2.37. The molecule has 0 unspecified atom stereocenters. The van der Waals surface area contributed by atoms with Crippen LogP contribution in [0.3, 0.4) is 0 Å². The topological polar surface area (TPSA) is 38.0 Å². The van der Waals surface area contributed by atoms with Crippen molar-refractivity contribution in [2.45, 2.75) is 12.8 Å². The summed E-state index contributed by atoms with van der Waals surface area (Å²) in [6, 6.07) is 0. The SMILES string of the molecule is NCCNC1=CC=CCC1. The zero-order chi connectivity index (χ0) is 7.23. The zero-order valence-electron chi connectivity index (χ0n) is 6.14. The average molecular weight is 138 g/mol. The molecular formula is C8H14N2. The van der Waals surface area contributed by atoms with Gasteiger partial charge in [-0.3, -0.25) is 0 Å². The molecule has 0 radical (unpaired) electrons. The quantitative estimate of drug-likeness (QED) is 0.604. The maximum absolute atomic E-state index is 5.34. The Labute approximate surface area is 61.8 Å². The molecule has 1 aliphatic carbocycles. The first kappa shape index (κ1) is 7.35. The van der Waals surface area contributed by atoms with Gasteiger partial charge in [-0.2, -0.15) is 0 Å². The molecule has 0 aliphatic heterocycles. The molecule has 0 saturated heterocycles. The molecule has 1 rings (SSSR count). The summed E-state index contributed by atoms with van der Waals surface area (Å²) in [5.41, 5.74) is 6.65. The van der Waals surface area contributed by atoms with E-state index in [1.165, 1.54) is 5.70 Å². The van der Waals surface area contributed by atoms with Gasteiger partial charge >= 0.3 is 0 Å². The van der Waals surface area contributed by atoms with Crippen LogP contribution in [0.15, 0.2) is 23.9 Å². The van der Waals surface area contributed by atoms with Gasteiger partial charge in [-0.25, -0.2) is 0 Å². The number of hydrogen-bond donors (Lipinski definition) is 2. The molecule has 0 aromatic heterocycles. The lowest BCUT2D eigenvalue weighted by Gasteiger charge is -2.10. The third kappa shape index (κ3) is 2.23. The van der Waals surface area contributed by atoms with Gasteiger partial charge in [0, 0.05) is 18.8 Å². The summed E-state index contributed by atoms with van der Waals surface area (Å²) in [6.45, 7) is 1.60. The summed E-state index contributed by atoms with van der Waals surface area (Å²) in [5.74, 6) is 0. The van der Waals surface area contributed by atoms with Crippen LogP contribution in [0.4, 0.5) is 0 Å². The molecule has 2 heteroatoms. The average Bonchev–Trinajstić information content (AvgIpc) is 2.03. The van der Waals surface area contributed by atoms with Gasteiger partial charge in [0.2, 0.25) is 0 Å². The molecule has 0 aromatic rings. The largest absolute Gasteiger partial charge is 0.387 e. The second kappa shape index (κ2) is 4.12. The van der Waals surface area contributed by atoms with Crippen LogP contribution in [-0.4, -0.2) is 13.1 Å². The van der Waals surface area contributed by atoms with Crippen LogP contribution in [0.25, 0.3) is 0 Å². The Morgan fingerprint density at radius 1 is 1.60 bits per heavy atom. The smallest absolute Gasteiger partial charge is 0.0267 e. The van der Waals surface area contributed by atoms with Crippen LogP contribution in [-0.2, 0) is 0 Å². The van der Waals surface area contributed by atoms with E-state index < -0.39 is 0 Å². The van der Waals surface area contributed by atoms with E-state index >= 15 is 0 Å². The van der Waals surface area contributed by atoms with Gasteiger partial charge in [0.15, 0.2) is 0 Å². The van der Waals surface area contributed by atoms with Crippen molar-refractivity contribution in [3.8, 4) is 0 Å². The molecule has 0 spiro atoms. The second-order valence-corrected chi connectivity index (χ2v) is 2.37. The Kier molecular flexibility index (Phi) is 3.03. The van der Waals surface area contributed by atoms with Gasteiger partial charge in [0.05, 0.1) is 0 Å². The van der Waals surface area contributed by atoms with Gasteiger partial charge in [0.1, 0.15) is 0 Å². The Bertz CT molecular complexity index is 147. The van der Waals surface area contributed by atoms with Crippen molar-refractivity contribution in [2.75, 3.05) is 13.1 Å². The predicted octanol–water partition coefficient (Wildman–Crippen LogP) is 0.769. The summed E-state index contributed by atoms with van der Waals surface area (Å²) >= 11 is 0. The highest BCUT2D eigenvalue weighted by atomic mass is 14.9. The van der Waals surface area contributed by atoms with Gasteiger partial charge in [-0.1, -0.05) is 12.2 Å². The third-order valence-corrected chi connectivity index (χ3v) is 1.51. The van der Waals surface area contributed by atoms with Crippen LogP contribution in [0.5, 0.6) is 0 Å². The minimum absolute atomic E-state index is 0.709. The fourth-order valence-corrected chi connectivity index (χ4v) is 0.983. The zero-order valence-corrected chi connectivity index (χ0v) is 6.14. The first-order chi connectivity index (χ1) is 4.93. The number of nitrogens with two attached hydrogens (primary N) is 1. The maximum atomic E-state index is 5.34. The molecule has 0 bridgehead atoms. The van der Waals surface area contributed by atoms with Crippen LogP contribution >= 0.6 is 0 Å². The summed E-state index contributed by atoms with van der Waals surface area (Å²) in [4.78, 5) is 0. The molecule has 0 heterocycles. The predicted molar refractivity (Wildman–Crippen MR) is 43.5 cm³/mol. The van der Waals surface area contributed by atoms with Crippen LogP contribution in [0.1, 0.15) is 12.8 Å².